The molecule has 0 N–H and O–H groups in total. The molecule has 0 aliphatic carbocycles. The third-order valence-corrected chi connectivity index (χ3v) is 3.81. The summed E-state index contributed by atoms with van der Waals surface area (Å²) < 4.78 is 5.62. The van der Waals surface area contributed by atoms with E-state index >= 15 is 0 Å². The molecule has 1 aliphatic heterocycles. The normalized spacial score (nSPS) is 12.9. The molecule has 0 unspecified atom stereocenters. The van der Waals surface area contributed by atoms with Crippen LogP contribution in [-0.2, 0) is 6.42 Å². The maximum Gasteiger partial charge on any atom is 0.197 e. The van der Waals surface area contributed by atoms with E-state index in [1.54, 1.807) is 0 Å². The second-order valence-corrected chi connectivity index (χ2v) is 4.97. The van der Waals surface area contributed by atoms with Crippen LogP contribution in [0.4, 0.5) is 0 Å². The van der Waals surface area contributed by atoms with Crippen LogP contribution < -0.4 is 4.74 Å². The number of benzene rings is 2. The fourth-order valence-electron chi connectivity index (χ4n) is 2.54. The molecule has 2 aromatic rings. The molecule has 0 bridgehead atoms. The molecule has 19 heavy (non-hydrogen) atoms. The van der Waals surface area contributed by atoms with Gasteiger partial charge in [0, 0.05) is 12.0 Å². The molecule has 2 nitrogen and oxygen atoms in total. The van der Waals surface area contributed by atoms with E-state index in [1.165, 1.54) is 0 Å². The van der Waals surface area contributed by atoms with Crippen LogP contribution in [0.15, 0.2) is 36.4 Å². The summed E-state index contributed by atoms with van der Waals surface area (Å²) in [6.45, 7) is 4.69. The molecule has 2 heteroatoms. The van der Waals surface area contributed by atoms with Crippen LogP contribution >= 0.6 is 0 Å². The quantitative estimate of drug-likeness (QED) is 0.765. The molecule has 2 aromatic carbocycles. The zero-order valence-electron chi connectivity index (χ0n) is 11.2. The molecule has 1 aliphatic rings. The summed E-state index contributed by atoms with van der Waals surface area (Å²) in [7, 11) is 0. The van der Waals surface area contributed by atoms with E-state index in [0.717, 1.165) is 34.4 Å². The Kier molecular flexibility index (Phi) is 2.86. The molecule has 0 saturated heterocycles. The van der Waals surface area contributed by atoms with Crippen LogP contribution in [0.2, 0.25) is 0 Å². The molecule has 0 radical (unpaired) electrons. The minimum atomic E-state index is 0.0555. The Bertz CT molecular complexity index is 656. The Balaban J connectivity index is 2.11. The Hall–Kier alpha value is -2.09. The molecule has 96 valence electrons. The summed E-state index contributed by atoms with van der Waals surface area (Å²) in [5.41, 5.74) is 4.77. The number of rotatable bonds is 2. The Labute approximate surface area is 113 Å². The van der Waals surface area contributed by atoms with Gasteiger partial charge >= 0.3 is 0 Å². The van der Waals surface area contributed by atoms with Gasteiger partial charge in [-0.15, -0.1) is 0 Å². The number of hydrogen-bond donors (Lipinski definition) is 0. The van der Waals surface area contributed by atoms with Gasteiger partial charge in [-0.1, -0.05) is 30.3 Å². The van der Waals surface area contributed by atoms with Crippen LogP contribution in [-0.4, -0.2) is 12.4 Å². The first-order valence-corrected chi connectivity index (χ1v) is 6.54. The number of ketones is 1. The SMILES string of the molecule is Cc1cccc(C(=O)c2cccc3c2OCC3)c1C. The smallest absolute Gasteiger partial charge is 0.197 e. The fourth-order valence-corrected chi connectivity index (χ4v) is 2.54. The lowest BCUT2D eigenvalue weighted by atomic mass is 9.94. The van der Waals surface area contributed by atoms with E-state index in [9.17, 15) is 4.79 Å². The Morgan fingerprint density at radius 2 is 1.79 bits per heavy atom. The monoisotopic (exact) mass is 252 g/mol. The van der Waals surface area contributed by atoms with Crippen molar-refractivity contribution in [2.75, 3.05) is 6.61 Å². The molecule has 0 spiro atoms. The van der Waals surface area contributed by atoms with Crippen molar-refractivity contribution >= 4 is 5.78 Å². The summed E-state index contributed by atoms with van der Waals surface area (Å²) in [5.74, 6) is 0.827. The van der Waals surface area contributed by atoms with Gasteiger partial charge in [-0.3, -0.25) is 4.79 Å². The highest BCUT2D eigenvalue weighted by atomic mass is 16.5. The minimum Gasteiger partial charge on any atom is -0.492 e. The number of carbonyl (C=O) groups is 1. The van der Waals surface area contributed by atoms with Crippen LogP contribution in [0.25, 0.3) is 0 Å². The highest BCUT2D eigenvalue weighted by molar-refractivity contribution is 6.12. The molecular formula is C17H16O2. The second-order valence-electron chi connectivity index (χ2n) is 4.97. The summed E-state index contributed by atoms with van der Waals surface area (Å²) in [4.78, 5) is 12.7. The van der Waals surface area contributed by atoms with Crippen molar-refractivity contribution in [3.8, 4) is 5.75 Å². The standard InChI is InChI=1S/C17H16O2/c1-11-5-3-7-14(12(11)2)16(18)15-8-4-6-13-9-10-19-17(13)15/h3-8H,9-10H2,1-2H3. The van der Waals surface area contributed by atoms with E-state index in [1.807, 2.05) is 50.2 Å². The van der Waals surface area contributed by atoms with Gasteiger partial charge in [0.2, 0.25) is 0 Å². The lowest BCUT2D eigenvalue weighted by Gasteiger charge is -2.10. The number of aryl methyl sites for hydroxylation is 1. The zero-order valence-corrected chi connectivity index (χ0v) is 11.2. The van der Waals surface area contributed by atoms with Gasteiger partial charge in [0.1, 0.15) is 5.75 Å². The van der Waals surface area contributed by atoms with E-state index in [0.29, 0.717) is 12.2 Å². The second kappa shape index (κ2) is 4.54. The number of fused-ring (bicyclic) bond motifs is 1. The van der Waals surface area contributed by atoms with E-state index in [4.69, 9.17) is 4.74 Å². The summed E-state index contributed by atoms with van der Waals surface area (Å²) in [6.07, 6.45) is 0.892. The first-order chi connectivity index (χ1) is 9.18. The van der Waals surface area contributed by atoms with Crippen molar-refractivity contribution in [2.24, 2.45) is 0 Å². The first-order valence-electron chi connectivity index (χ1n) is 6.54. The summed E-state index contributed by atoms with van der Waals surface area (Å²) >= 11 is 0. The van der Waals surface area contributed by atoms with Crippen molar-refractivity contribution in [3.05, 3.63) is 64.2 Å². The Morgan fingerprint density at radius 3 is 2.63 bits per heavy atom. The number of para-hydroxylation sites is 1. The first kappa shape index (κ1) is 12.0. The summed E-state index contributed by atoms with van der Waals surface area (Å²) in [6, 6.07) is 11.7. The van der Waals surface area contributed by atoms with Gasteiger partial charge < -0.3 is 4.74 Å². The van der Waals surface area contributed by atoms with Crippen molar-refractivity contribution in [1.82, 2.24) is 0 Å². The predicted molar refractivity (Wildman–Crippen MR) is 75.0 cm³/mol. The number of hydrogen-bond acceptors (Lipinski definition) is 2. The zero-order chi connectivity index (χ0) is 13.4. The van der Waals surface area contributed by atoms with Crippen molar-refractivity contribution in [3.63, 3.8) is 0 Å². The molecule has 0 aromatic heterocycles. The van der Waals surface area contributed by atoms with Crippen LogP contribution in [0.1, 0.15) is 32.6 Å². The molecule has 0 atom stereocenters. The maximum atomic E-state index is 12.7. The topological polar surface area (TPSA) is 26.3 Å². The van der Waals surface area contributed by atoms with Crippen LogP contribution in [0.5, 0.6) is 5.75 Å². The molecule has 1 heterocycles. The third kappa shape index (κ3) is 1.93. The third-order valence-electron chi connectivity index (χ3n) is 3.81. The minimum absolute atomic E-state index is 0.0555. The predicted octanol–water partition coefficient (Wildman–Crippen LogP) is 3.47. The van der Waals surface area contributed by atoms with E-state index in [2.05, 4.69) is 0 Å². The number of carbonyl (C=O) groups excluding carboxylic acids is 1. The molecule has 0 amide bonds. The van der Waals surface area contributed by atoms with Gasteiger partial charge in [0.25, 0.3) is 0 Å². The Morgan fingerprint density at radius 1 is 1.05 bits per heavy atom. The average molecular weight is 252 g/mol. The van der Waals surface area contributed by atoms with E-state index < -0.39 is 0 Å². The van der Waals surface area contributed by atoms with Gasteiger partial charge in [0.05, 0.1) is 12.2 Å². The van der Waals surface area contributed by atoms with Gasteiger partial charge in [-0.2, -0.15) is 0 Å². The van der Waals surface area contributed by atoms with Crippen molar-refractivity contribution in [1.29, 1.82) is 0 Å². The molecule has 0 fully saturated rings. The lowest BCUT2D eigenvalue weighted by Crippen LogP contribution is -2.06. The summed E-state index contributed by atoms with van der Waals surface area (Å²) in [5, 5.41) is 0. The van der Waals surface area contributed by atoms with Crippen LogP contribution in [0, 0.1) is 13.8 Å². The highest BCUT2D eigenvalue weighted by Gasteiger charge is 2.22. The average Bonchev–Trinajstić information content (AvgIpc) is 2.89. The van der Waals surface area contributed by atoms with Crippen molar-refractivity contribution in [2.45, 2.75) is 20.3 Å². The van der Waals surface area contributed by atoms with E-state index in [-0.39, 0.29) is 5.78 Å². The van der Waals surface area contributed by atoms with Gasteiger partial charge in [-0.25, -0.2) is 0 Å². The molecule has 3 rings (SSSR count). The highest BCUT2D eigenvalue weighted by Crippen LogP contribution is 2.31. The molecular weight excluding hydrogens is 236 g/mol. The van der Waals surface area contributed by atoms with Crippen molar-refractivity contribution < 1.29 is 9.53 Å². The lowest BCUT2D eigenvalue weighted by molar-refractivity contribution is 0.103. The molecule has 0 saturated carbocycles. The van der Waals surface area contributed by atoms with Gasteiger partial charge in [0.15, 0.2) is 5.78 Å². The largest absolute Gasteiger partial charge is 0.492 e. The maximum absolute atomic E-state index is 12.7. The number of ether oxygens (including phenoxy) is 1. The fraction of sp³-hybridized carbons (Fsp3) is 0.235. The van der Waals surface area contributed by atoms with Crippen LogP contribution in [0.3, 0.4) is 0 Å². The van der Waals surface area contributed by atoms with Gasteiger partial charge in [-0.05, 0) is 36.6 Å².